The second-order valence-corrected chi connectivity index (χ2v) is 5.36. The van der Waals surface area contributed by atoms with Crippen LogP contribution in [0.5, 0.6) is 0 Å². The lowest BCUT2D eigenvalue weighted by Crippen LogP contribution is -2.25. The Bertz CT molecular complexity index is 382. The average molecular weight is 270 g/mol. The number of hydrogen-bond donors (Lipinski definition) is 1. The van der Waals surface area contributed by atoms with Gasteiger partial charge in [0.1, 0.15) is 17.3 Å². The van der Waals surface area contributed by atoms with Gasteiger partial charge < -0.3 is 10.2 Å². The van der Waals surface area contributed by atoms with Crippen LogP contribution in [-0.4, -0.2) is 20.1 Å². The molecule has 0 unspecified atom stereocenters. The minimum absolute atomic E-state index is 0.0629. The maximum absolute atomic E-state index is 14.0. The van der Waals surface area contributed by atoms with Crippen LogP contribution in [0.15, 0.2) is 12.1 Å². The lowest BCUT2D eigenvalue weighted by atomic mass is 10.1. The molecule has 4 heteroatoms. The summed E-state index contributed by atoms with van der Waals surface area (Å²) >= 11 is 0. The first-order chi connectivity index (χ1) is 8.95. The molecular weight excluding hydrogens is 246 g/mol. The lowest BCUT2D eigenvalue weighted by molar-refractivity contribution is 0.555. The summed E-state index contributed by atoms with van der Waals surface area (Å²) in [4.78, 5) is 1.64. The zero-order chi connectivity index (χ0) is 14.4. The van der Waals surface area contributed by atoms with Gasteiger partial charge in [0, 0.05) is 20.1 Å². The molecule has 0 atom stereocenters. The van der Waals surface area contributed by atoms with Gasteiger partial charge in [-0.2, -0.15) is 0 Å². The number of rotatable bonds is 7. The summed E-state index contributed by atoms with van der Waals surface area (Å²) < 4.78 is 28.0. The topological polar surface area (TPSA) is 15.3 Å². The number of nitrogens with one attached hydrogen (secondary N) is 1. The highest BCUT2D eigenvalue weighted by atomic mass is 19.1. The van der Waals surface area contributed by atoms with Gasteiger partial charge in [0.2, 0.25) is 0 Å². The average Bonchev–Trinajstić information content (AvgIpc) is 2.27. The highest BCUT2D eigenvalue weighted by Crippen LogP contribution is 2.24. The SMILES string of the molecule is CCCNCc1cc(F)c(N(C)CC(C)C)c(F)c1. The molecule has 0 aliphatic rings. The van der Waals surface area contributed by atoms with E-state index in [-0.39, 0.29) is 5.69 Å². The van der Waals surface area contributed by atoms with Crippen molar-refractivity contribution in [1.29, 1.82) is 0 Å². The van der Waals surface area contributed by atoms with Crippen molar-refractivity contribution in [3.05, 3.63) is 29.3 Å². The van der Waals surface area contributed by atoms with Crippen molar-refractivity contribution in [3.63, 3.8) is 0 Å². The van der Waals surface area contributed by atoms with Crippen LogP contribution in [-0.2, 0) is 6.54 Å². The molecule has 2 nitrogen and oxygen atoms in total. The van der Waals surface area contributed by atoms with Crippen LogP contribution in [0.3, 0.4) is 0 Å². The molecule has 0 fully saturated rings. The second kappa shape index (κ2) is 7.43. The summed E-state index contributed by atoms with van der Waals surface area (Å²) in [5.41, 5.74) is 0.707. The molecule has 0 aliphatic heterocycles. The largest absolute Gasteiger partial charge is 0.370 e. The molecule has 0 radical (unpaired) electrons. The van der Waals surface area contributed by atoms with Crippen LogP contribution in [0.1, 0.15) is 32.8 Å². The Hall–Kier alpha value is -1.16. The second-order valence-electron chi connectivity index (χ2n) is 5.36. The van der Waals surface area contributed by atoms with Gasteiger partial charge in [-0.15, -0.1) is 0 Å². The van der Waals surface area contributed by atoms with Crippen molar-refractivity contribution in [2.75, 3.05) is 25.0 Å². The third-order valence-corrected chi connectivity index (χ3v) is 2.85. The van der Waals surface area contributed by atoms with Crippen molar-refractivity contribution in [1.82, 2.24) is 5.32 Å². The quantitative estimate of drug-likeness (QED) is 0.762. The van der Waals surface area contributed by atoms with E-state index in [0.717, 1.165) is 13.0 Å². The van der Waals surface area contributed by atoms with Crippen LogP contribution >= 0.6 is 0 Å². The zero-order valence-electron chi connectivity index (χ0n) is 12.3. The molecule has 1 rings (SSSR count). The van der Waals surface area contributed by atoms with Crippen molar-refractivity contribution < 1.29 is 8.78 Å². The van der Waals surface area contributed by atoms with E-state index in [1.165, 1.54) is 12.1 Å². The van der Waals surface area contributed by atoms with Crippen molar-refractivity contribution in [2.45, 2.75) is 33.7 Å². The highest BCUT2D eigenvalue weighted by Gasteiger charge is 2.15. The highest BCUT2D eigenvalue weighted by molar-refractivity contribution is 5.50. The van der Waals surface area contributed by atoms with Gasteiger partial charge >= 0.3 is 0 Å². The molecule has 0 aliphatic carbocycles. The first kappa shape index (κ1) is 15.9. The molecule has 1 N–H and O–H groups in total. The van der Waals surface area contributed by atoms with E-state index in [1.807, 2.05) is 13.8 Å². The van der Waals surface area contributed by atoms with Crippen LogP contribution < -0.4 is 10.2 Å². The Morgan fingerprint density at radius 1 is 1.21 bits per heavy atom. The van der Waals surface area contributed by atoms with Crippen molar-refractivity contribution >= 4 is 5.69 Å². The first-order valence-electron chi connectivity index (χ1n) is 6.85. The minimum atomic E-state index is -0.489. The Balaban J connectivity index is 2.84. The van der Waals surface area contributed by atoms with Gasteiger partial charge in [-0.1, -0.05) is 20.8 Å². The van der Waals surface area contributed by atoms with Crippen molar-refractivity contribution in [2.24, 2.45) is 5.92 Å². The monoisotopic (exact) mass is 270 g/mol. The summed E-state index contributed by atoms with van der Waals surface area (Å²) in [5, 5.41) is 3.14. The van der Waals surface area contributed by atoms with E-state index < -0.39 is 11.6 Å². The molecule has 108 valence electrons. The maximum atomic E-state index is 14.0. The Morgan fingerprint density at radius 2 is 1.79 bits per heavy atom. The molecule has 1 aromatic rings. The minimum Gasteiger partial charge on any atom is -0.370 e. The van der Waals surface area contributed by atoms with Gasteiger partial charge in [0.05, 0.1) is 0 Å². The fourth-order valence-corrected chi connectivity index (χ4v) is 2.13. The van der Waals surface area contributed by atoms with Crippen LogP contribution in [0, 0.1) is 17.6 Å². The number of hydrogen-bond acceptors (Lipinski definition) is 2. The molecule has 0 saturated carbocycles. The number of nitrogens with zero attached hydrogens (tertiary/aromatic N) is 1. The fraction of sp³-hybridized carbons (Fsp3) is 0.600. The zero-order valence-corrected chi connectivity index (χ0v) is 12.3. The standard InChI is InChI=1S/C15H24F2N2/c1-5-6-18-9-12-7-13(16)15(14(17)8-12)19(4)10-11(2)3/h7-8,11,18H,5-6,9-10H2,1-4H3. The van der Waals surface area contributed by atoms with Crippen LogP contribution in [0.4, 0.5) is 14.5 Å². The summed E-state index contributed by atoms with van der Waals surface area (Å²) in [7, 11) is 1.72. The maximum Gasteiger partial charge on any atom is 0.149 e. The fourth-order valence-electron chi connectivity index (χ4n) is 2.13. The van der Waals surface area contributed by atoms with Gasteiger partial charge in [0.15, 0.2) is 0 Å². The van der Waals surface area contributed by atoms with E-state index in [2.05, 4.69) is 12.2 Å². The lowest BCUT2D eigenvalue weighted by Gasteiger charge is -2.23. The third-order valence-electron chi connectivity index (χ3n) is 2.85. The van der Waals surface area contributed by atoms with E-state index in [1.54, 1.807) is 11.9 Å². The van der Waals surface area contributed by atoms with Gasteiger partial charge in [-0.05, 0) is 36.6 Å². The predicted molar refractivity (Wildman–Crippen MR) is 76.5 cm³/mol. The normalized spacial score (nSPS) is 11.1. The molecule has 0 bridgehead atoms. The number of benzene rings is 1. The molecule has 0 saturated heterocycles. The van der Waals surface area contributed by atoms with Gasteiger partial charge in [-0.25, -0.2) is 8.78 Å². The molecule has 0 amide bonds. The van der Waals surface area contributed by atoms with E-state index in [0.29, 0.717) is 24.6 Å². The molecule has 0 spiro atoms. The van der Waals surface area contributed by atoms with Crippen LogP contribution in [0.2, 0.25) is 0 Å². The Morgan fingerprint density at radius 3 is 2.26 bits per heavy atom. The van der Waals surface area contributed by atoms with E-state index in [4.69, 9.17) is 0 Å². The molecule has 19 heavy (non-hydrogen) atoms. The number of halogens is 2. The smallest absolute Gasteiger partial charge is 0.149 e. The molecule has 0 heterocycles. The van der Waals surface area contributed by atoms with E-state index in [9.17, 15) is 8.78 Å². The Labute approximate surface area is 114 Å². The van der Waals surface area contributed by atoms with Crippen LogP contribution in [0.25, 0.3) is 0 Å². The van der Waals surface area contributed by atoms with E-state index >= 15 is 0 Å². The Kier molecular flexibility index (Phi) is 6.22. The van der Waals surface area contributed by atoms with Gasteiger partial charge in [-0.3, -0.25) is 0 Å². The van der Waals surface area contributed by atoms with Gasteiger partial charge in [0.25, 0.3) is 0 Å². The molecular formula is C15H24F2N2. The summed E-state index contributed by atoms with van der Waals surface area (Å²) in [6, 6.07) is 2.83. The molecule has 0 aromatic heterocycles. The van der Waals surface area contributed by atoms with Crippen molar-refractivity contribution in [3.8, 4) is 0 Å². The summed E-state index contributed by atoms with van der Waals surface area (Å²) in [6.07, 6.45) is 1.00. The summed E-state index contributed by atoms with van der Waals surface area (Å²) in [6.45, 7) is 8.07. The summed E-state index contributed by atoms with van der Waals surface area (Å²) in [5.74, 6) is -0.623. The third kappa shape index (κ3) is 4.78. The molecule has 1 aromatic carbocycles. The first-order valence-corrected chi connectivity index (χ1v) is 6.85. The predicted octanol–water partition coefficient (Wildman–Crippen LogP) is 3.56. The number of anilines is 1.